The predicted molar refractivity (Wildman–Crippen MR) is 105 cm³/mol. The molecule has 8 heteroatoms. The first-order valence-corrected chi connectivity index (χ1v) is 8.47. The Kier molecular flexibility index (Phi) is 5.59. The van der Waals surface area contributed by atoms with Crippen molar-refractivity contribution in [2.75, 3.05) is 5.32 Å². The van der Waals surface area contributed by atoms with Crippen LogP contribution in [-0.2, 0) is 4.79 Å². The highest BCUT2D eigenvalue weighted by Crippen LogP contribution is 2.31. The number of carbonyl (C=O) groups excluding carboxylic acids is 1. The van der Waals surface area contributed by atoms with Crippen LogP contribution in [0, 0.1) is 10.1 Å². The zero-order valence-corrected chi connectivity index (χ0v) is 15.2. The molecule has 1 amide bonds. The van der Waals surface area contributed by atoms with E-state index in [-0.39, 0.29) is 5.69 Å². The number of anilines is 1. The summed E-state index contributed by atoms with van der Waals surface area (Å²) in [6, 6.07) is 14.2. The molecule has 0 unspecified atom stereocenters. The highest BCUT2D eigenvalue weighted by Gasteiger charge is 2.16. The molecule has 0 spiro atoms. The van der Waals surface area contributed by atoms with Crippen LogP contribution in [0.15, 0.2) is 65.1 Å². The highest BCUT2D eigenvalue weighted by molar-refractivity contribution is 6.36. The van der Waals surface area contributed by atoms with Crippen molar-refractivity contribution >= 4 is 46.6 Å². The Morgan fingerprint density at radius 1 is 1.11 bits per heavy atom. The lowest BCUT2D eigenvalue weighted by Crippen LogP contribution is -2.07. The van der Waals surface area contributed by atoms with Crippen LogP contribution < -0.4 is 5.32 Å². The summed E-state index contributed by atoms with van der Waals surface area (Å²) in [7, 11) is 0. The topological polar surface area (TPSA) is 85.4 Å². The SMILES string of the molecule is O=C(C=Cc1ccc(-c2ccccc2[N+](=O)[O-])o1)Nc1ccc(Cl)cc1Cl. The molecule has 0 saturated carbocycles. The number of benzene rings is 2. The number of nitro groups is 1. The van der Waals surface area contributed by atoms with Crippen LogP contribution in [0.1, 0.15) is 5.76 Å². The minimum atomic E-state index is -0.476. The summed E-state index contributed by atoms with van der Waals surface area (Å²) in [5.74, 6) is 0.298. The van der Waals surface area contributed by atoms with Gasteiger partial charge in [0.05, 0.1) is 21.2 Å². The number of furan rings is 1. The van der Waals surface area contributed by atoms with Gasteiger partial charge in [0.1, 0.15) is 11.5 Å². The monoisotopic (exact) mass is 402 g/mol. The van der Waals surface area contributed by atoms with Crippen LogP contribution in [0.3, 0.4) is 0 Å². The maximum absolute atomic E-state index is 12.0. The molecule has 3 aromatic rings. The molecular formula is C19H12Cl2N2O4. The second-order valence-corrected chi connectivity index (χ2v) is 6.27. The lowest BCUT2D eigenvalue weighted by Gasteiger charge is -2.04. The van der Waals surface area contributed by atoms with E-state index in [0.29, 0.717) is 32.8 Å². The third-order valence-corrected chi connectivity index (χ3v) is 4.13. The third-order valence-electron chi connectivity index (χ3n) is 3.58. The number of halogens is 2. The van der Waals surface area contributed by atoms with Gasteiger partial charge in [0.2, 0.25) is 5.91 Å². The molecule has 0 fully saturated rings. The van der Waals surface area contributed by atoms with E-state index in [1.165, 1.54) is 24.3 Å². The van der Waals surface area contributed by atoms with Crippen molar-refractivity contribution in [1.82, 2.24) is 0 Å². The van der Waals surface area contributed by atoms with Crippen LogP contribution in [0.5, 0.6) is 0 Å². The van der Waals surface area contributed by atoms with E-state index in [2.05, 4.69) is 5.32 Å². The molecule has 0 saturated heterocycles. The Morgan fingerprint density at radius 3 is 2.63 bits per heavy atom. The molecular weight excluding hydrogens is 391 g/mol. The van der Waals surface area contributed by atoms with Crippen molar-refractivity contribution in [3.8, 4) is 11.3 Å². The summed E-state index contributed by atoms with van der Waals surface area (Å²) in [5, 5.41) is 14.5. The van der Waals surface area contributed by atoms with E-state index in [1.807, 2.05) is 0 Å². The normalized spacial score (nSPS) is 10.9. The number of carbonyl (C=O) groups is 1. The summed E-state index contributed by atoms with van der Waals surface area (Å²) in [6.45, 7) is 0. The molecule has 2 aromatic carbocycles. The number of amides is 1. The Hall–Kier alpha value is -3.09. The highest BCUT2D eigenvalue weighted by atomic mass is 35.5. The average molecular weight is 403 g/mol. The Bertz CT molecular complexity index is 1040. The molecule has 0 bridgehead atoms. The molecule has 0 aliphatic rings. The van der Waals surface area contributed by atoms with Crippen molar-refractivity contribution < 1.29 is 14.1 Å². The van der Waals surface area contributed by atoms with E-state index >= 15 is 0 Å². The van der Waals surface area contributed by atoms with Gasteiger partial charge in [-0.2, -0.15) is 0 Å². The van der Waals surface area contributed by atoms with Crippen molar-refractivity contribution in [3.63, 3.8) is 0 Å². The number of rotatable bonds is 5. The number of para-hydroxylation sites is 1. The van der Waals surface area contributed by atoms with E-state index in [4.69, 9.17) is 27.6 Å². The smallest absolute Gasteiger partial charge is 0.280 e. The Balaban J connectivity index is 1.74. The Morgan fingerprint density at radius 2 is 1.89 bits per heavy atom. The molecule has 1 heterocycles. The number of hydrogen-bond donors (Lipinski definition) is 1. The summed E-state index contributed by atoms with van der Waals surface area (Å²) in [5.41, 5.74) is 0.729. The lowest BCUT2D eigenvalue weighted by atomic mass is 10.1. The van der Waals surface area contributed by atoms with Gasteiger partial charge in [-0.05, 0) is 42.5 Å². The van der Waals surface area contributed by atoms with Gasteiger partial charge in [-0.1, -0.05) is 35.3 Å². The van der Waals surface area contributed by atoms with Gasteiger partial charge in [-0.15, -0.1) is 0 Å². The fraction of sp³-hybridized carbons (Fsp3) is 0. The predicted octanol–water partition coefficient (Wildman–Crippen LogP) is 5.81. The zero-order valence-electron chi connectivity index (χ0n) is 13.7. The maximum atomic E-state index is 12.0. The quantitative estimate of drug-likeness (QED) is 0.331. The van der Waals surface area contributed by atoms with E-state index < -0.39 is 10.8 Å². The van der Waals surface area contributed by atoms with Gasteiger partial charge in [0, 0.05) is 17.2 Å². The molecule has 6 nitrogen and oxygen atoms in total. The molecule has 3 rings (SSSR count). The van der Waals surface area contributed by atoms with Crippen LogP contribution >= 0.6 is 23.2 Å². The van der Waals surface area contributed by atoms with Crippen molar-refractivity contribution in [1.29, 1.82) is 0 Å². The molecule has 136 valence electrons. The van der Waals surface area contributed by atoms with Gasteiger partial charge >= 0.3 is 0 Å². The molecule has 0 atom stereocenters. The average Bonchev–Trinajstić information content (AvgIpc) is 3.11. The number of nitrogens with zero attached hydrogens (tertiary/aromatic N) is 1. The first-order chi connectivity index (χ1) is 12.9. The number of nitrogens with one attached hydrogen (secondary N) is 1. The molecule has 27 heavy (non-hydrogen) atoms. The minimum Gasteiger partial charge on any atom is -0.456 e. The van der Waals surface area contributed by atoms with Crippen LogP contribution in [0.25, 0.3) is 17.4 Å². The van der Waals surface area contributed by atoms with Gasteiger partial charge in [-0.25, -0.2) is 0 Å². The Labute approximate surface area is 164 Å². The molecule has 1 aromatic heterocycles. The first-order valence-electron chi connectivity index (χ1n) is 7.72. The first kappa shape index (κ1) is 18.7. The largest absolute Gasteiger partial charge is 0.456 e. The van der Waals surface area contributed by atoms with Crippen molar-refractivity contribution in [2.24, 2.45) is 0 Å². The van der Waals surface area contributed by atoms with E-state index in [0.717, 1.165) is 0 Å². The summed E-state index contributed by atoms with van der Waals surface area (Å²) in [4.78, 5) is 22.7. The second-order valence-electron chi connectivity index (χ2n) is 5.42. The molecule has 0 aliphatic heterocycles. The molecule has 1 N–H and O–H groups in total. The van der Waals surface area contributed by atoms with Gasteiger partial charge < -0.3 is 9.73 Å². The maximum Gasteiger partial charge on any atom is 0.280 e. The summed E-state index contributed by atoms with van der Waals surface area (Å²) < 4.78 is 5.59. The van der Waals surface area contributed by atoms with Crippen molar-refractivity contribution in [2.45, 2.75) is 0 Å². The standard InChI is InChI=1S/C19H12Cl2N2O4/c20-12-5-8-16(15(21)11-12)22-19(24)10-7-13-6-9-18(27-13)14-3-1-2-4-17(14)23(25)26/h1-11H,(H,22,24). The van der Waals surface area contributed by atoms with E-state index in [9.17, 15) is 14.9 Å². The molecule has 0 aliphatic carbocycles. The zero-order chi connectivity index (χ0) is 19.4. The van der Waals surface area contributed by atoms with Crippen LogP contribution in [0.4, 0.5) is 11.4 Å². The van der Waals surface area contributed by atoms with E-state index in [1.54, 1.807) is 42.5 Å². The summed E-state index contributed by atoms with van der Waals surface area (Å²) >= 11 is 11.8. The van der Waals surface area contributed by atoms with Gasteiger partial charge in [-0.3, -0.25) is 14.9 Å². The van der Waals surface area contributed by atoms with Crippen LogP contribution in [-0.4, -0.2) is 10.8 Å². The molecule has 0 radical (unpaired) electrons. The fourth-order valence-electron chi connectivity index (χ4n) is 2.35. The lowest BCUT2D eigenvalue weighted by molar-refractivity contribution is -0.384. The van der Waals surface area contributed by atoms with Crippen molar-refractivity contribution in [3.05, 3.63) is 86.6 Å². The second kappa shape index (κ2) is 8.07. The number of nitro benzene ring substituents is 1. The third kappa shape index (κ3) is 4.55. The minimum absolute atomic E-state index is 0.0579. The number of hydrogen-bond acceptors (Lipinski definition) is 4. The summed E-state index contributed by atoms with van der Waals surface area (Å²) in [6.07, 6.45) is 2.73. The fourth-order valence-corrected chi connectivity index (χ4v) is 2.81. The van der Waals surface area contributed by atoms with Gasteiger partial charge in [0.15, 0.2) is 0 Å². The van der Waals surface area contributed by atoms with Gasteiger partial charge in [0.25, 0.3) is 5.69 Å². The van der Waals surface area contributed by atoms with Crippen LogP contribution in [0.2, 0.25) is 10.0 Å².